The van der Waals surface area contributed by atoms with E-state index in [1.165, 1.54) is 46.7 Å². The van der Waals surface area contributed by atoms with E-state index in [9.17, 15) is 14.5 Å². The first-order valence-electron chi connectivity index (χ1n) is 10.5. The molecule has 3 aromatic carbocycles. The molecule has 0 saturated carbocycles. The predicted octanol–water partition coefficient (Wildman–Crippen LogP) is 7.08. The molecule has 1 unspecified atom stereocenters. The second-order valence-electron chi connectivity index (χ2n) is 7.89. The van der Waals surface area contributed by atoms with Crippen molar-refractivity contribution in [3.05, 3.63) is 109 Å². The summed E-state index contributed by atoms with van der Waals surface area (Å²) in [5.74, 6) is -0.514. The summed E-state index contributed by atoms with van der Waals surface area (Å²) >= 11 is 7.31. The lowest BCUT2D eigenvalue weighted by atomic mass is 9.87. The lowest BCUT2D eigenvalue weighted by molar-refractivity contribution is -0.384. The summed E-state index contributed by atoms with van der Waals surface area (Å²) < 4.78 is 16.2. The number of aromatic nitrogens is 1. The third kappa shape index (κ3) is 4.21. The van der Waals surface area contributed by atoms with E-state index in [4.69, 9.17) is 16.6 Å². The fraction of sp³-hybridized carbons (Fsp3) is 0.160. The highest BCUT2D eigenvalue weighted by Crippen LogP contribution is 2.36. The van der Waals surface area contributed by atoms with Crippen molar-refractivity contribution in [3.8, 4) is 11.3 Å². The molecular formula is C25H19ClFN3O2S. The van der Waals surface area contributed by atoms with Crippen LogP contribution in [0.4, 0.5) is 15.8 Å². The van der Waals surface area contributed by atoms with E-state index in [1.807, 2.05) is 11.4 Å². The van der Waals surface area contributed by atoms with Gasteiger partial charge in [-0.1, -0.05) is 35.9 Å². The van der Waals surface area contributed by atoms with Gasteiger partial charge in [-0.05, 0) is 60.2 Å². The first-order valence-corrected chi connectivity index (χ1v) is 11.8. The van der Waals surface area contributed by atoms with Crippen molar-refractivity contribution in [2.75, 3.05) is 0 Å². The minimum Gasteiger partial charge on any atom is -0.309 e. The van der Waals surface area contributed by atoms with Crippen molar-refractivity contribution in [2.24, 2.45) is 4.99 Å². The maximum atomic E-state index is 14.1. The number of rotatable bonds is 4. The van der Waals surface area contributed by atoms with Crippen molar-refractivity contribution < 1.29 is 9.31 Å². The van der Waals surface area contributed by atoms with Gasteiger partial charge in [-0.25, -0.2) is 9.38 Å². The number of nitro groups is 1. The second-order valence-corrected chi connectivity index (χ2v) is 9.14. The zero-order valence-corrected chi connectivity index (χ0v) is 19.0. The number of aryl methyl sites for hydroxylation is 1. The number of hydrogen-bond donors (Lipinski definition) is 0. The summed E-state index contributed by atoms with van der Waals surface area (Å²) in [7, 11) is 0. The van der Waals surface area contributed by atoms with E-state index in [-0.39, 0.29) is 16.8 Å². The van der Waals surface area contributed by atoms with Crippen molar-refractivity contribution in [1.82, 2.24) is 4.57 Å². The fourth-order valence-electron chi connectivity index (χ4n) is 4.33. The van der Waals surface area contributed by atoms with Crippen LogP contribution < -0.4 is 4.80 Å². The number of thiazole rings is 1. The van der Waals surface area contributed by atoms with Gasteiger partial charge < -0.3 is 4.57 Å². The van der Waals surface area contributed by atoms with Crippen molar-refractivity contribution in [3.63, 3.8) is 0 Å². The van der Waals surface area contributed by atoms with Gasteiger partial charge in [0, 0.05) is 23.6 Å². The first kappa shape index (κ1) is 21.6. The molecule has 0 aliphatic heterocycles. The Balaban J connectivity index is 1.70. The van der Waals surface area contributed by atoms with Crippen molar-refractivity contribution >= 4 is 34.3 Å². The van der Waals surface area contributed by atoms with Gasteiger partial charge in [0.2, 0.25) is 0 Å². The third-order valence-corrected chi connectivity index (χ3v) is 7.04. The molecule has 8 heteroatoms. The van der Waals surface area contributed by atoms with E-state index in [0.717, 1.165) is 35.3 Å². The Morgan fingerprint density at radius 2 is 1.91 bits per heavy atom. The number of nitro benzene ring substituents is 1. The SMILES string of the molecule is O=[N+]([O-])c1ccc(-c2csc(=Nc3ccc(Cl)c(F)c3)n2C2CCCc3ccccc32)cc1. The van der Waals surface area contributed by atoms with Gasteiger partial charge in [-0.2, -0.15) is 0 Å². The topological polar surface area (TPSA) is 60.4 Å². The zero-order chi connectivity index (χ0) is 22.9. The van der Waals surface area contributed by atoms with Gasteiger partial charge in [-0.15, -0.1) is 11.3 Å². The molecule has 0 fully saturated rings. The van der Waals surface area contributed by atoms with Gasteiger partial charge in [0.15, 0.2) is 4.80 Å². The largest absolute Gasteiger partial charge is 0.309 e. The highest BCUT2D eigenvalue weighted by Gasteiger charge is 2.25. The van der Waals surface area contributed by atoms with Crippen LogP contribution in [-0.4, -0.2) is 9.49 Å². The molecule has 166 valence electrons. The first-order chi connectivity index (χ1) is 16.0. The minimum atomic E-state index is -0.514. The van der Waals surface area contributed by atoms with Crippen LogP contribution in [0, 0.1) is 15.9 Å². The molecule has 1 aromatic heterocycles. The van der Waals surface area contributed by atoms with Crippen LogP contribution in [0.25, 0.3) is 11.3 Å². The van der Waals surface area contributed by atoms with Gasteiger partial charge in [0.05, 0.1) is 27.4 Å². The molecule has 4 aromatic rings. The van der Waals surface area contributed by atoms with Crippen LogP contribution in [0.5, 0.6) is 0 Å². The lowest BCUT2D eigenvalue weighted by Crippen LogP contribution is -2.26. The summed E-state index contributed by atoms with van der Waals surface area (Å²) in [6.07, 6.45) is 3.01. The number of fused-ring (bicyclic) bond motifs is 1. The molecule has 0 radical (unpaired) electrons. The van der Waals surface area contributed by atoms with E-state index in [1.54, 1.807) is 18.2 Å². The quantitative estimate of drug-likeness (QED) is 0.232. The Morgan fingerprint density at radius 1 is 1.12 bits per heavy atom. The summed E-state index contributed by atoms with van der Waals surface area (Å²) in [6.45, 7) is 0. The van der Waals surface area contributed by atoms with Gasteiger partial charge >= 0.3 is 0 Å². The lowest BCUT2D eigenvalue weighted by Gasteiger charge is -2.28. The van der Waals surface area contributed by atoms with Crippen LogP contribution in [0.15, 0.2) is 77.1 Å². The molecular weight excluding hydrogens is 461 g/mol. The Hall–Kier alpha value is -3.29. The Labute approximate surface area is 198 Å². The molecule has 1 heterocycles. The zero-order valence-electron chi connectivity index (χ0n) is 17.4. The van der Waals surface area contributed by atoms with Gasteiger partial charge in [-0.3, -0.25) is 10.1 Å². The molecule has 0 spiro atoms. The molecule has 0 amide bonds. The molecule has 0 bridgehead atoms. The summed E-state index contributed by atoms with van der Waals surface area (Å²) in [6, 6.07) is 19.5. The monoisotopic (exact) mass is 479 g/mol. The fourth-order valence-corrected chi connectivity index (χ4v) is 5.41. The van der Waals surface area contributed by atoms with E-state index >= 15 is 0 Å². The number of benzene rings is 3. The Kier molecular flexibility index (Phi) is 5.83. The normalized spacial score (nSPS) is 15.9. The highest BCUT2D eigenvalue weighted by atomic mass is 35.5. The molecule has 1 aliphatic rings. The van der Waals surface area contributed by atoms with Crippen molar-refractivity contribution in [1.29, 1.82) is 0 Å². The van der Waals surface area contributed by atoms with Gasteiger partial charge in [0.25, 0.3) is 5.69 Å². The number of halogens is 2. The van der Waals surface area contributed by atoms with E-state index in [0.29, 0.717) is 5.69 Å². The second kappa shape index (κ2) is 8.92. The van der Waals surface area contributed by atoms with E-state index < -0.39 is 10.7 Å². The van der Waals surface area contributed by atoms with Gasteiger partial charge in [0.1, 0.15) is 5.82 Å². The molecule has 33 heavy (non-hydrogen) atoms. The van der Waals surface area contributed by atoms with E-state index in [2.05, 4.69) is 22.8 Å². The minimum absolute atomic E-state index is 0.0464. The predicted molar refractivity (Wildman–Crippen MR) is 129 cm³/mol. The van der Waals surface area contributed by atoms with Crippen LogP contribution in [-0.2, 0) is 6.42 Å². The summed E-state index contributed by atoms with van der Waals surface area (Å²) in [4.78, 5) is 16.2. The maximum Gasteiger partial charge on any atom is 0.269 e. The van der Waals surface area contributed by atoms with Crippen LogP contribution in [0.1, 0.15) is 30.0 Å². The van der Waals surface area contributed by atoms with Crippen LogP contribution >= 0.6 is 22.9 Å². The third-order valence-electron chi connectivity index (χ3n) is 5.89. The number of nitrogens with zero attached hydrogens (tertiary/aromatic N) is 3. The number of hydrogen-bond acceptors (Lipinski definition) is 4. The smallest absolute Gasteiger partial charge is 0.269 e. The maximum absolute atomic E-state index is 14.1. The summed E-state index contributed by atoms with van der Waals surface area (Å²) in [5.41, 5.74) is 4.87. The molecule has 1 atom stereocenters. The highest BCUT2D eigenvalue weighted by molar-refractivity contribution is 7.07. The molecule has 0 N–H and O–H groups in total. The molecule has 1 aliphatic carbocycles. The van der Waals surface area contributed by atoms with Crippen LogP contribution in [0.2, 0.25) is 5.02 Å². The molecule has 5 nitrogen and oxygen atoms in total. The standard InChI is InChI=1S/C25H19ClFN3O2S/c26-21-13-10-18(14-22(21)27)28-25-29(23-7-3-5-16-4-1-2-6-20(16)23)24(15-33-25)17-8-11-19(12-9-17)30(31)32/h1-2,4,6,8-15,23H,3,5,7H2. The Morgan fingerprint density at radius 3 is 2.67 bits per heavy atom. The Bertz CT molecular complexity index is 1410. The van der Waals surface area contributed by atoms with Crippen LogP contribution in [0.3, 0.4) is 0 Å². The average Bonchev–Trinajstić information content (AvgIpc) is 3.24. The molecule has 5 rings (SSSR count). The number of non-ortho nitro benzene ring substituents is 1. The summed E-state index contributed by atoms with van der Waals surface area (Å²) in [5, 5.41) is 13.2. The van der Waals surface area contributed by atoms with Crippen molar-refractivity contribution in [2.45, 2.75) is 25.3 Å². The molecule has 0 saturated heterocycles. The average molecular weight is 480 g/mol.